The van der Waals surface area contributed by atoms with Crippen molar-refractivity contribution in [3.05, 3.63) is 28.2 Å². The second-order valence-electron chi connectivity index (χ2n) is 4.98. The normalized spacial score (nSPS) is 24.3. The van der Waals surface area contributed by atoms with Crippen molar-refractivity contribution >= 4 is 21.6 Å². The molecule has 0 radical (unpaired) electrons. The van der Waals surface area contributed by atoms with E-state index in [1.807, 2.05) is 0 Å². The van der Waals surface area contributed by atoms with Gasteiger partial charge in [-0.15, -0.1) is 0 Å². The van der Waals surface area contributed by atoms with E-state index in [1.54, 1.807) is 0 Å². The van der Waals surface area contributed by atoms with Gasteiger partial charge in [0.15, 0.2) is 0 Å². The Hall–Kier alpha value is -0.580. The van der Waals surface area contributed by atoms with E-state index in [0.717, 1.165) is 24.0 Å². The van der Waals surface area contributed by atoms with Crippen LogP contribution in [0.5, 0.6) is 0 Å². The lowest BCUT2D eigenvalue weighted by atomic mass is 10.1. The zero-order valence-electron chi connectivity index (χ0n) is 11.0. The first-order valence-electron chi connectivity index (χ1n) is 6.46. The van der Waals surface area contributed by atoms with E-state index in [2.05, 4.69) is 52.9 Å². The lowest BCUT2D eigenvalue weighted by Crippen LogP contribution is -2.47. The van der Waals surface area contributed by atoms with Crippen LogP contribution in [0.3, 0.4) is 0 Å². The minimum Gasteiger partial charge on any atom is -0.372 e. The van der Waals surface area contributed by atoms with Crippen LogP contribution in [0.4, 0.5) is 5.69 Å². The number of ether oxygens (including phenoxy) is 1. The van der Waals surface area contributed by atoms with Gasteiger partial charge in [-0.25, -0.2) is 0 Å². The molecule has 1 aliphatic heterocycles. The third kappa shape index (κ3) is 3.25. The average molecular weight is 313 g/mol. The van der Waals surface area contributed by atoms with Gasteiger partial charge >= 0.3 is 0 Å². The highest BCUT2D eigenvalue weighted by Crippen LogP contribution is 2.26. The monoisotopic (exact) mass is 312 g/mol. The lowest BCUT2D eigenvalue weighted by molar-refractivity contribution is -0.0183. The smallest absolute Gasteiger partial charge is 0.0766 e. The van der Waals surface area contributed by atoms with Crippen molar-refractivity contribution in [3.8, 4) is 0 Å². The number of hydrogen-bond donors (Lipinski definition) is 1. The van der Waals surface area contributed by atoms with Gasteiger partial charge in [0.2, 0.25) is 0 Å². The van der Waals surface area contributed by atoms with Gasteiger partial charge in [-0.3, -0.25) is 0 Å². The van der Waals surface area contributed by atoms with Gasteiger partial charge in [0.1, 0.15) is 0 Å². The number of halogens is 1. The van der Waals surface area contributed by atoms with Crippen LogP contribution in [0.1, 0.15) is 18.9 Å². The highest BCUT2D eigenvalue weighted by Gasteiger charge is 2.24. The van der Waals surface area contributed by atoms with Crippen molar-refractivity contribution < 1.29 is 4.74 Å². The van der Waals surface area contributed by atoms with E-state index in [1.165, 1.54) is 11.3 Å². The van der Waals surface area contributed by atoms with Crippen LogP contribution in [-0.2, 0) is 4.74 Å². The first kappa shape index (κ1) is 13.8. The van der Waals surface area contributed by atoms with Crippen molar-refractivity contribution in [2.45, 2.75) is 32.5 Å². The molecule has 2 N–H and O–H groups in total. The maximum absolute atomic E-state index is 5.90. The summed E-state index contributed by atoms with van der Waals surface area (Å²) in [5.74, 6) is 0. The summed E-state index contributed by atoms with van der Waals surface area (Å²) in [6.07, 6.45) is 1.44. The fraction of sp³-hybridized carbons (Fsp3) is 0.571. The van der Waals surface area contributed by atoms with Crippen molar-refractivity contribution in [2.24, 2.45) is 5.73 Å². The molecule has 1 saturated heterocycles. The molecule has 0 saturated carbocycles. The zero-order chi connectivity index (χ0) is 13.1. The van der Waals surface area contributed by atoms with Crippen molar-refractivity contribution in [1.82, 2.24) is 0 Å². The molecule has 0 spiro atoms. The molecule has 2 unspecified atom stereocenters. The fourth-order valence-corrected chi connectivity index (χ4v) is 2.67. The standard InChI is InChI=1S/C14H21BrN2O/c1-10-7-12(3-4-14(10)15)17-8-11(2)18-13(9-17)5-6-16/h3-4,7,11,13H,5-6,8-9,16H2,1-2H3. The Labute approximate surface area is 117 Å². The Morgan fingerprint density at radius 2 is 2.22 bits per heavy atom. The maximum Gasteiger partial charge on any atom is 0.0766 e. The molecule has 2 atom stereocenters. The number of morpholine rings is 1. The second kappa shape index (κ2) is 6.04. The van der Waals surface area contributed by atoms with Gasteiger partial charge in [-0.05, 0) is 50.6 Å². The Morgan fingerprint density at radius 1 is 1.44 bits per heavy atom. The van der Waals surface area contributed by atoms with Crippen molar-refractivity contribution in [2.75, 3.05) is 24.5 Å². The first-order valence-corrected chi connectivity index (χ1v) is 7.26. The summed E-state index contributed by atoms with van der Waals surface area (Å²) < 4.78 is 7.06. The average Bonchev–Trinajstić information content (AvgIpc) is 2.32. The van der Waals surface area contributed by atoms with Crippen LogP contribution in [-0.4, -0.2) is 31.8 Å². The molecule has 4 heteroatoms. The number of nitrogens with zero attached hydrogens (tertiary/aromatic N) is 1. The van der Waals surface area contributed by atoms with E-state index >= 15 is 0 Å². The Balaban J connectivity index is 2.13. The molecular formula is C14H21BrN2O. The Bertz CT molecular complexity index is 411. The van der Waals surface area contributed by atoms with Crippen LogP contribution < -0.4 is 10.6 Å². The highest BCUT2D eigenvalue weighted by atomic mass is 79.9. The topological polar surface area (TPSA) is 38.5 Å². The summed E-state index contributed by atoms with van der Waals surface area (Å²) in [5.41, 5.74) is 8.17. The third-order valence-corrected chi connectivity index (χ3v) is 4.21. The summed E-state index contributed by atoms with van der Waals surface area (Å²) in [4.78, 5) is 2.40. The largest absolute Gasteiger partial charge is 0.372 e. The van der Waals surface area contributed by atoms with Crippen LogP contribution in [0.15, 0.2) is 22.7 Å². The summed E-state index contributed by atoms with van der Waals surface area (Å²) in [6.45, 7) is 6.81. The van der Waals surface area contributed by atoms with Gasteiger partial charge < -0.3 is 15.4 Å². The fourth-order valence-electron chi connectivity index (χ4n) is 2.43. The van der Waals surface area contributed by atoms with Crippen LogP contribution >= 0.6 is 15.9 Å². The number of benzene rings is 1. The van der Waals surface area contributed by atoms with Crippen LogP contribution in [0.2, 0.25) is 0 Å². The molecule has 1 heterocycles. The minimum absolute atomic E-state index is 0.253. The second-order valence-corrected chi connectivity index (χ2v) is 5.84. The van der Waals surface area contributed by atoms with E-state index in [-0.39, 0.29) is 12.2 Å². The summed E-state index contributed by atoms with van der Waals surface area (Å²) in [5, 5.41) is 0. The summed E-state index contributed by atoms with van der Waals surface area (Å²) in [6, 6.07) is 6.50. The number of hydrogen-bond acceptors (Lipinski definition) is 3. The van der Waals surface area contributed by atoms with E-state index in [0.29, 0.717) is 6.54 Å². The summed E-state index contributed by atoms with van der Waals surface area (Å²) in [7, 11) is 0. The molecule has 2 rings (SSSR count). The quantitative estimate of drug-likeness (QED) is 0.932. The van der Waals surface area contributed by atoms with Gasteiger partial charge in [-0.2, -0.15) is 0 Å². The lowest BCUT2D eigenvalue weighted by Gasteiger charge is -2.38. The Morgan fingerprint density at radius 3 is 2.89 bits per heavy atom. The number of aryl methyl sites for hydroxylation is 1. The third-order valence-electron chi connectivity index (χ3n) is 3.32. The maximum atomic E-state index is 5.90. The van der Waals surface area contributed by atoms with Crippen LogP contribution in [0.25, 0.3) is 0 Å². The molecule has 18 heavy (non-hydrogen) atoms. The molecule has 3 nitrogen and oxygen atoms in total. The molecule has 0 aromatic heterocycles. The molecule has 0 amide bonds. The first-order chi connectivity index (χ1) is 8.60. The highest BCUT2D eigenvalue weighted by molar-refractivity contribution is 9.10. The molecule has 1 aromatic rings. The van der Waals surface area contributed by atoms with Gasteiger partial charge in [-0.1, -0.05) is 15.9 Å². The molecule has 1 aliphatic rings. The van der Waals surface area contributed by atoms with Gasteiger partial charge in [0.25, 0.3) is 0 Å². The predicted molar refractivity (Wildman–Crippen MR) is 79.1 cm³/mol. The minimum atomic E-state index is 0.253. The summed E-state index contributed by atoms with van der Waals surface area (Å²) >= 11 is 3.54. The van der Waals surface area contributed by atoms with Crippen molar-refractivity contribution in [3.63, 3.8) is 0 Å². The molecule has 1 aromatic carbocycles. The zero-order valence-corrected chi connectivity index (χ0v) is 12.6. The predicted octanol–water partition coefficient (Wildman–Crippen LogP) is 2.70. The Kier molecular flexibility index (Phi) is 4.65. The van der Waals surface area contributed by atoms with E-state index < -0.39 is 0 Å². The van der Waals surface area contributed by atoms with Gasteiger partial charge in [0, 0.05) is 23.2 Å². The van der Waals surface area contributed by atoms with Crippen LogP contribution in [0, 0.1) is 6.92 Å². The SMILES string of the molecule is Cc1cc(N2CC(C)OC(CCN)C2)ccc1Br. The number of anilines is 1. The molecule has 0 aliphatic carbocycles. The number of nitrogens with two attached hydrogens (primary N) is 1. The number of rotatable bonds is 3. The molecule has 100 valence electrons. The van der Waals surface area contributed by atoms with Crippen molar-refractivity contribution in [1.29, 1.82) is 0 Å². The van der Waals surface area contributed by atoms with E-state index in [4.69, 9.17) is 10.5 Å². The van der Waals surface area contributed by atoms with Gasteiger partial charge in [0.05, 0.1) is 12.2 Å². The molecule has 0 bridgehead atoms. The van der Waals surface area contributed by atoms with E-state index in [9.17, 15) is 0 Å². The molecule has 1 fully saturated rings. The molecular weight excluding hydrogens is 292 g/mol.